The Balaban J connectivity index is 1.41. The fourth-order valence-electron chi connectivity index (χ4n) is 3.71. The average Bonchev–Trinajstić information content (AvgIpc) is 2.97. The Morgan fingerprint density at radius 3 is 2.43 bits per heavy atom. The van der Waals surface area contributed by atoms with Crippen LogP contribution in [0, 0.1) is 0 Å². The highest BCUT2D eigenvalue weighted by Gasteiger charge is 2.14. The minimum Gasteiger partial charge on any atom is -0.490 e. The van der Waals surface area contributed by atoms with E-state index in [0.29, 0.717) is 56.8 Å². The van der Waals surface area contributed by atoms with Gasteiger partial charge >= 0.3 is 0 Å². The van der Waals surface area contributed by atoms with E-state index in [1.54, 1.807) is 54.6 Å². The van der Waals surface area contributed by atoms with Gasteiger partial charge in [0.1, 0.15) is 12.4 Å². The summed E-state index contributed by atoms with van der Waals surface area (Å²) in [7, 11) is 0. The Morgan fingerprint density at radius 1 is 0.905 bits per heavy atom. The molecule has 0 saturated carbocycles. The minimum absolute atomic E-state index is 0.280. The number of ether oxygens (including phenoxy) is 3. The summed E-state index contributed by atoms with van der Waals surface area (Å²) in [5.74, 6) is 0.503. The molecule has 0 spiro atoms. The van der Waals surface area contributed by atoms with E-state index in [9.17, 15) is 9.59 Å². The summed E-state index contributed by atoms with van der Waals surface area (Å²) in [6, 6.07) is 25.1. The molecule has 4 rings (SSSR count). The predicted octanol–water partition coefficient (Wildman–Crippen LogP) is 7.62. The maximum absolute atomic E-state index is 12.9. The number of carbonyl (C=O) groups is 2. The van der Waals surface area contributed by atoms with E-state index in [1.165, 1.54) is 6.21 Å². The first-order valence-corrected chi connectivity index (χ1v) is 14.7. The first kappa shape index (κ1) is 31.1. The summed E-state index contributed by atoms with van der Waals surface area (Å²) < 4.78 is 18.7. The van der Waals surface area contributed by atoms with Gasteiger partial charge in [-0.25, -0.2) is 5.43 Å². The second-order valence-electron chi connectivity index (χ2n) is 8.69. The molecule has 0 heterocycles. The molecule has 0 aromatic heterocycles. The number of amides is 2. The SMILES string of the molecule is CCOc1cc(C(=O)N/N=C/c2cc(Br)cc(Br)c2OCC(=O)Nc2ccccc2Cl)ccc1OCc1ccccc1. The van der Waals surface area contributed by atoms with Crippen molar-refractivity contribution in [3.8, 4) is 17.2 Å². The number of halogens is 3. The normalized spacial score (nSPS) is 10.8. The van der Waals surface area contributed by atoms with Gasteiger partial charge in [-0.2, -0.15) is 5.10 Å². The zero-order valence-electron chi connectivity index (χ0n) is 22.4. The second-order valence-corrected chi connectivity index (χ2v) is 10.9. The number of benzene rings is 4. The van der Waals surface area contributed by atoms with Crippen LogP contribution in [0.1, 0.15) is 28.4 Å². The van der Waals surface area contributed by atoms with Gasteiger partial charge in [0, 0.05) is 15.6 Å². The number of nitrogens with one attached hydrogen (secondary N) is 2. The van der Waals surface area contributed by atoms with Crippen molar-refractivity contribution in [1.82, 2.24) is 5.43 Å². The molecule has 4 aromatic carbocycles. The van der Waals surface area contributed by atoms with Crippen molar-refractivity contribution in [2.24, 2.45) is 5.10 Å². The lowest BCUT2D eigenvalue weighted by atomic mass is 10.2. The fourth-order valence-corrected chi connectivity index (χ4v) is 5.27. The lowest BCUT2D eigenvalue weighted by Gasteiger charge is -2.13. The number of carbonyl (C=O) groups excluding carboxylic acids is 2. The number of hydrogen-bond donors (Lipinski definition) is 2. The van der Waals surface area contributed by atoms with E-state index < -0.39 is 11.8 Å². The third kappa shape index (κ3) is 8.82. The molecule has 0 atom stereocenters. The predicted molar refractivity (Wildman–Crippen MR) is 171 cm³/mol. The van der Waals surface area contributed by atoms with E-state index >= 15 is 0 Å². The molecule has 0 radical (unpaired) electrons. The van der Waals surface area contributed by atoms with E-state index in [-0.39, 0.29) is 6.61 Å². The summed E-state index contributed by atoms with van der Waals surface area (Å²) in [6.07, 6.45) is 1.43. The Hall–Kier alpha value is -3.86. The Bertz CT molecular complexity index is 1580. The average molecular weight is 716 g/mol. The Labute approximate surface area is 265 Å². The topological polar surface area (TPSA) is 98.3 Å². The molecule has 2 amide bonds. The highest BCUT2D eigenvalue weighted by Crippen LogP contribution is 2.32. The van der Waals surface area contributed by atoms with Crippen LogP contribution < -0.4 is 25.0 Å². The zero-order chi connectivity index (χ0) is 29.9. The van der Waals surface area contributed by atoms with Crippen LogP contribution in [-0.4, -0.2) is 31.2 Å². The summed E-state index contributed by atoms with van der Waals surface area (Å²) in [5.41, 5.74) is 4.87. The molecular weight excluding hydrogens is 690 g/mol. The van der Waals surface area contributed by atoms with Gasteiger partial charge in [-0.3, -0.25) is 9.59 Å². The van der Waals surface area contributed by atoms with Crippen molar-refractivity contribution in [1.29, 1.82) is 0 Å². The lowest BCUT2D eigenvalue weighted by Crippen LogP contribution is -2.21. The first-order chi connectivity index (χ1) is 20.3. The van der Waals surface area contributed by atoms with Crippen LogP contribution in [-0.2, 0) is 11.4 Å². The molecule has 2 N–H and O–H groups in total. The van der Waals surface area contributed by atoms with Gasteiger partial charge in [-0.1, -0.05) is 70.0 Å². The molecule has 0 unspecified atom stereocenters. The number of nitrogens with zero attached hydrogens (tertiary/aromatic N) is 1. The van der Waals surface area contributed by atoms with E-state index in [4.69, 9.17) is 25.8 Å². The number of para-hydroxylation sites is 1. The summed E-state index contributed by atoms with van der Waals surface area (Å²) in [6.45, 7) is 2.35. The largest absolute Gasteiger partial charge is 0.490 e. The van der Waals surface area contributed by atoms with Gasteiger partial charge in [-0.05, 0) is 70.9 Å². The van der Waals surface area contributed by atoms with Gasteiger partial charge < -0.3 is 19.5 Å². The summed E-state index contributed by atoms with van der Waals surface area (Å²) in [4.78, 5) is 25.4. The lowest BCUT2D eigenvalue weighted by molar-refractivity contribution is -0.118. The maximum Gasteiger partial charge on any atom is 0.271 e. The molecule has 0 aliphatic carbocycles. The molecule has 8 nitrogen and oxygen atoms in total. The summed E-state index contributed by atoms with van der Waals surface area (Å²) in [5, 5.41) is 7.23. The van der Waals surface area contributed by atoms with Gasteiger partial charge in [0.15, 0.2) is 18.1 Å². The third-order valence-electron chi connectivity index (χ3n) is 5.65. The van der Waals surface area contributed by atoms with Crippen LogP contribution in [0.2, 0.25) is 5.02 Å². The molecule has 0 aliphatic heterocycles. The first-order valence-electron chi connectivity index (χ1n) is 12.8. The highest BCUT2D eigenvalue weighted by atomic mass is 79.9. The van der Waals surface area contributed by atoms with E-state index in [1.807, 2.05) is 37.3 Å². The number of hydrazone groups is 1. The molecule has 0 bridgehead atoms. The number of rotatable bonds is 12. The molecule has 0 fully saturated rings. The fraction of sp³-hybridized carbons (Fsp3) is 0.129. The molecule has 216 valence electrons. The van der Waals surface area contributed by atoms with Gasteiger partial charge in [0.25, 0.3) is 11.8 Å². The van der Waals surface area contributed by atoms with Crippen molar-refractivity contribution in [2.45, 2.75) is 13.5 Å². The Kier molecular flexibility index (Phi) is 11.4. The van der Waals surface area contributed by atoms with Crippen LogP contribution in [0.4, 0.5) is 5.69 Å². The number of hydrogen-bond acceptors (Lipinski definition) is 6. The molecule has 0 saturated heterocycles. The highest BCUT2D eigenvalue weighted by molar-refractivity contribution is 9.11. The molecule has 42 heavy (non-hydrogen) atoms. The number of anilines is 1. The molecule has 11 heteroatoms. The van der Waals surface area contributed by atoms with Gasteiger partial charge in [0.2, 0.25) is 0 Å². The van der Waals surface area contributed by atoms with Crippen LogP contribution in [0.15, 0.2) is 99.0 Å². The van der Waals surface area contributed by atoms with Crippen molar-refractivity contribution in [3.05, 3.63) is 116 Å². The van der Waals surface area contributed by atoms with Crippen molar-refractivity contribution < 1.29 is 23.8 Å². The quantitative estimate of drug-likeness (QED) is 0.116. The monoisotopic (exact) mass is 713 g/mol. The van der Waals surface area contributed by atoms with Crippen molar-refractivity contribution >= 4 is 67.2 Å². The molecular formula is C31H26Br2ClN3O5. The maximum atomic E-state index is 12.9. The van der Waals surface area contributed by atoms with Gasteiger partial charge in [0.05, 0.1) is 28.0 Å². The molecule has 4 aromatic rings. The van der Waals surface area contributed by atoms with Crippen LogP contribution in [0.3, 0.4) is 0 Å². The van der Waals surface area contributed by atoms with Crippen LogP contribution >= 0.6 is 43.5 Å². The van der Waals surface area contributed by atoms with E-state index in [0.717, 1.165) is 10.0 Å². The smallest absolute Gasteiger partial charge is 0.271 e. The van der Waals surface area contributed by atoms with Crippen LogP contribution in [0.25, 0.3) is 0 Å². The third-order valence-corrected chi connectivity index (χ3v) is 7.02. The summed E-state index contributed by atoms with van der Waals surface area (Å²) >= 11 is 13.0. The van der Waals surface area contributed by atoms with Gasteiger partial charge in [-0.15, -0.1) is 0 Å². The minimum atomic E-state index is -0.447. The van der Waals surface area contributed by atoms with Crippen molar-refractivity contribution in [3.63, 3.8) is 0 Å². The van der Waals surface area contributed by atoms with Crippen LogP contribution in [0.5, 0.6) is 17.2 Å². The Morgan fingerprint density at radius 2 is 1.67 bits per heavy atom. The van der Waals surface area contributed by atoms with E-state index in [2.05, 4.69) is 47.7 Å². The van der Waals surface area contributed by atoms with Crippen molar-refractivity contribution in [2.75, 3.05) is 18.5 Å². The second kappa shape index (κ2) is 15.4. The standard InChI is InChI=1S/C31H26Br2ClN3O5/c1-2-40-28-15-21(12-13-27(28)41-18-20-8-4-3-5-9-20)31(39)37-35-17-22-14-23(32)16-24(33)30(22)42-19-29(38)36-26-11-7-6-10-25(26)34/h3-17H,2,18-19H2,1H3,(H,36,38)(H,37,39)/b35-17+. The zero-order valence-corrected chi connectivity index (χ0v) is 26.3. The molecule has 0 aliphatic rings.